The first kappa shape index (κ1) is 20.6. The van der Waals surface area contributed by atoms with E-state index >= 15 is 0 Å². The van der Waals surface area contributed by atoms with Crippen molar-refractivity contribution < 1.29 is 9.13 Å². The van der Waals surface area contributed by atoms with E-state index in [4.69, 9.17) is 4.74 Å². The molecule has 2 rings (SSSR count). The quantitative estimate of drug-likeness (QED) is 0.382. The summed E-state index contributed by atoms with van der Waals surface area (Å²) in [5, 5.41) is 3.32. The minimum Gasteiger partial charge on any atom is -0.384 e. The molecule has 0 amide bonds. The average Bonchev–Trinajstić information content (AvgIpc) is 2.91. The van der Waals surface area contributed by atoms with Gasteiger partial charge in [-0.25, -0.2) is 9.38 Å². The van der Waals surface area contributed by atoms with Crippen LogP contribution in [0.1, 0.15) is 18.9 Å². The van der Waals surface area contributed by atoms with Crippen molar-refractivity contribution in [3.63, 3.8) is 0 Å². The van der Waals surface area contributed by atoms with Gasteiger partial charge in [-0.1, -0.05) is 15.9 Å². The Labute approximate surface area is 163 Å². The van der Waals surface area contributed by atoms with E-state index in [1.165, 1.54) is 12.1 Å². The molecule has 1 saturated heterocycles. The van der Waals surface area contributed by atoms with E-state index in [1.807, 2.05) is 6.07 Å². The van der Waals surface area contributed by atoms with Gasteiger partial charge in [0.25, 0.3) is 0 Å². The summed E-state index contributed by atoms with van der Waals surface area (Å²) in [7, 11) is 1.74. The van der Waals surface area contributed by atoms with Gasteiger partial charge < -0.3 is 15.0 Å². The fourth-order valence-electron chi connectivity index (χ4n) is 2.69. The highest BCUT2D eigenvalue weighted by Gasteiger charge is 2.24. The zero-order valence-corrected chi connectivity index (χ0v) is 17.4. The second-order valence-electron chi connectivity index (χ2n) is 5.50. The van der Waals surface area contributed by atoms with Crippen molar-refractivity contribution in [2.75, 3.05) is 33.4 Å². The van der Waals surface area contributed by atoms with Crippen molar-refractivity contribution in [3.05, 3.63) is 34.1 Å². The molecule has 1 N–H and O–H groups in total. The molecule has 1 aromatic carbocycles. The number of nitrogens with zero attached hydrogens (tertiary/aromatic N) is 2. The van der Waals surface area contributed by atoms with Crippen molar-refractivity contribution in [3.8, 4) is 0 Å². The van der Waals surface area contributed by atoms with Crippen LogP contribution in [0.5, 0.6) is 0 Å². The largest absolute Gasteiger partial charge is 0.384 e. The number of guanidine groups is 1. The van der Waals surface area contributed by atoms with Gasteiger partial charge in [0.05, 0.1) is 13.2 Å². The summed E-state index contributed by atoms with van der Waals surface area (Å²) < 4.78 is 19.4. The number of likely N-dealkylation sites (tertiary alicyclic amines) is 1. The topological polar surface area (TPSA) is 36.9 Å². The Bertz CT molecular complexity index is 510. The van der Waals surface area contributed by atoms with Crippen molar-refractivity contribution in [2.24, 2.45) is 10.9 Å². The van der Waals surface area contributed by atoms with Crippen molar-refractivity contribution in [1.82, 2.24) is 10.2 Å². The molecule has 1 aromatic rings. The number of hydrogen-bond acceptors (Lipinski definition) is 2. The van der Waals surface area contributed by atoms with Crippen LogP contribution in [0.15, 0.2) is 27.7 Å². The molecule has 1 atom stereocenters. The molecule has 7 heteroatoms. The number of benzene rings is 1. The van der Waals surface area contributed by atoms with Gasteiger partial charge in [0, 0.05) is 37.1 Å². The Morgan fingerprint density at radius 1 is 1.48 bits per heavy atom. The molecule has 0 aliphatic carbocycles. The van der Waals surface area contributed by atoms with Crippen LogP contribution in [0.4, 0.5) is 4.39 Å². The first-order valence-electron chi connectivity index (χ1n) is 7.59. The molecular weight excluding hydrogens is 476 g/mol. The predicted molar refractivity (Wildman–Crippen MR) is 106 cm³/mol. The number of aliphatic imine (C=N–C) groups is 1. The Kier molecular flexibility index (Phi) is 9.38. The highest BCUT2D eigenvalue weighted by Crippen LogP contribution is 2.18. The Morgan fingerprint density at radius 3 is 2.91 bits per heavy atom. The molecule has 130 valence electrons. The van der Waals surface area contributed by atoms with E-state index in [2.05, 4.69) is 38.1 Å². The van der Waals surface area contributed by atoms with Crippen LogP contribution in [-0.2, 0) is 11.3 Å². The van der Waals surface area contributed by atoms with Gasteiger partial charge in [-0.15, -0.1) is 24.0 Å². The van der Waals surface area contributed by atoms with Crippen LogP contribution in [0.2, 0.25) is 0 Å². The lowest BCUT2D eigenvalue weighted by molar-refractivity contribution is 0.157. The first-order valence-corrected chi connectivity index (χ1v) is 8.38. The third-order valence-electron chi connectivity index (χ3n) is 3.66. The number of halogens is 3. The summed E-state index contributed by atoms with van der Waals surface area (Å²) >= 11 is 3.31. The number of ether oxygens (including phenoxy) is 1. The van der Waals surface area contributed by atoms with Crippen LogP contribution >= 0.6 is 39.9 Å². The van der Waals surface area contributed by atoms with E-state index in [-0.39, 0.29) is 29.8 Å². The number of rotatable bonds is 5. The van der Waals surface area contributed by atoms with E-state index in [0.717, 1.165) is 48.7 Å². The molecule has 0 radical (unpaired) electrons. The first-order chi connectivity index (χ1) is 10.6. The van der Waals surface area contributed by atoms with Crippen LogP contribution in [-0.4, -0.2) is 44.2 Å². The number of hydrogen-bond donors (Lipinski definition) is 1. The zero-order chi connectivity index (χ0) is 15.9. The van der Waals surface area contributed by atoms with Crippen LogP contribution in [0.25, 0.3) is 0 Å². The molecule has 23 heavy (non-hydrogen) atoms. The van der Waals surface area contributed by atoms with Crippen LogP contribution in [0, 0.1) is 11.7 Å². The Hall–Kier alpha value is -0.410. The van der Waals surface area contributed by atoms with Gasteiger partial charge in [-0.3, -0.25) is 0 Å². The van der Waals surface area contributed by atoms with Gasteiger partial charge >= 0.3 is 0 Å². The molecule has 0 bridgehead atoms. The lowest BCUT2D eigenvalue weighted by Gasteiger charge is -2.21. The maximum atomic E-state index is 13.4. The minimum atomic E-state index is -0.245. The molecule has 4 nitrogen and oxygen atoms in total. The molecule has 1 aliphatic rings. The second kappa shape index (κ2) is 10.5. The second-order valence-corrected chi connectivity index (χ2v) is 6.42. The summed E-state index contributed by atoms with van der Waals surface area (Å²) in [4.78, 5) is 6.90. The molecule has 0 saturated carbocycles. The highest BCUT2D eigenvalue weighted by atomic mass is 127. The maximum absolute atomic E-state index is 13.4. The van der Waals surface area contributed by atoms with E-state index < -0.39 is 0 Å². The standard InChI is InChI=1S/C16H23BrFN3O.HI/c1-3-19-16(21-5-4-12(10-21)11-22-2)20-9-13-6-14(17)8-15(18)7-13;/h6-8,12H,3-5,9-11H2,1-2H3,(H,19,20);1H. The van der Waals surface area contributed by atoms with E-state index in [9.17, 15) is 4.39 Å². The van der Waals surface area contributed by atoms with Gasteiger partial charge in [0.1, 0.15) is 5.82 Å². The van der Waals surface area contributed by atoms with Crippen molar-refractivity contribution in [1.29, 1.82) is 0 Å². The SMILES string of the molecule is CCNC(=NCc1cc(F)cc(Br)c1)N1CCC(COC)C1.I. The normalized spacial score (nSPS) is 18.0. The Balaban J connectivity index is 0.00000264. The summed E-state index contributed by atoms with van der Waals surface area (Å²) in [6, 6.07) is 4.87. The maximum Gasteiger partial charge on any atom is 0.194 e. The summed E-state index contributed by atoms with van der Waals surface area (Å²) in [6.07, 6.45) is 1.11. The summed E-state index contributed by atoms with van der Waals surface area (Å²) in [5.74, 6) is 1.20. The fourth-order valence-corrected chi connectivity index (χ4v) is 3.20. The van der Waals surface area contributed by atoms with Gasteiger partial charge in [0.2, 0.25) is 0 Å². The molecule has 1 aliphatic heterocycles. The molecule has 0 spiro atoms. The number of methoxy groups -OCH3 is 1. The van der Waals surface area contributed by atoms with Crippen molar-refractivity contribution in [2.45, 2.75) is 19.9 Å². The minimum absolute atomic E-state index is 0. The molecular formula is C16H24BrFIN3O. The van der Waals surface area contributed by atoms with Crippen LogP contribution < -0.4 is 5.32 Å². The average molecular weight is 500 g/mol. The highest BCUT2D eigenvalue weighted by molar-refractivity contribution is 14.0. The van der Waals surface area contributed by atoms with Gasteiger partial charge in [0.15, 0.2) is 5.96 Å². The molecule has 1 unspecified atom stereocenters. The monoisotopic (exact) mass is 499 g/mol. The van der Waals surface area contributed by atoms with Gasteiger partial charge in [-0.05, 0) is 37.1 Å². The number of nitrogens with one attached hydrogen (secondary N) is 1. The lowest BCUT2D eigenvalue weighted by Crippen LogP contribution is -2.40. The van der Waals surface area contributed by atoms with Gasteiger partial charge in [-0.2, -0.15) is 0 Å². The van der Waals surface area contributed by atoms with Crippen molar-refractivity contribution >= 4 is 45.9 Å². The molecule has 0 aromatic heterocycles. The molecule has 1 fully saturated rings. The zero-order valence-electron chi connectivity index (χ0n) is 13.5. The Morgan fingerprint density at radius 2 is 2.26 bits per heavy atom. The predicted octanol–water partition coefficient (Wildman–Crippen LogP) is 3.64. The third-order valence-corrected chi connectivity index (χ3v) is 4.11. The third kappa shape index (κ3) is 6.54. The lowest BCUT2D eigenvalue weighted by atomic mass is 10.1. The smallest absolute Gasteiger partial charge is 0.194 e. The summed E-state index contributed by atoms with van der Waals surface area (Å²) in [6.45, 7) is 6.05. The van der Waals surface area contributed by atoms with E-state index in [1.54, 1.807) is 7.11 Å². The summed E-state index contributed by atoms with van der Waals surface area (Å²) in [5.41, 5.74) is 0.856. The van der Waals surface area contributed by atoms with Crippen LogP contribution in [0.3, 0.4) is 0 Å². The van der Waals surface area contributed by atoms with E-state index in [0.29, 0.717) is 12.5 Å². The molecule has 1 heterocycles. The fraction of sp³-hybridized carbons (Fsp3) is 0.562.